The summed E-state index contributed by atoms with van der Waals surface area (Å²) in [5, 5.41) is 8.90. The van der Waals surface area contributed by atoms with E-state index < -0.39 is 5.79 Å². The van der Waals surface area contributed by atoms with Crippen LogP contribution in [0, 0.1) is 0 Å². The van der Waals surface area contributed by atoms with Crippen molar-refractivity contribution in [3.63, 3.8) is 0 Å². The number of aromatic hydroxyl groups is 1. The van der Waals surface area contributed by atoms with Gasteiger partial charge >= 0.3 is 0 Å². The number of hydrogen-bond acceptors (Lipinski definition) is 7. The first-order valence-electron chi connectivity index (χ1n) is 12.7. The molecule has 0 unspecified atom stereocenters. The van der Waals surface area contributed by atoms with Gasteiger partial charge in [0.2, 0.25) is 0 Å². The summed E-state index contributed by atoms with van der Waals surface area (Å²) in [6.07, 6.45) is 1.87. The van der Waals surface area contributed by atoms with E-state index in [0.29, 0.717) is 31.6 Å². The van der Waals surface area contributed by atoms with E-state index >= 15 is 0 Å². The first-order valence-corrected chi connectivity index (χ1v) is 12.7. The lowest BCUT2D eigenvalue weighted by atomic mass is 10.0. The largest absolute Gasteiger partial charge is 0.508 e. The molecular formula is C31H38O7. The maximum Gasteiger partial charge on any atom is 0.194 e. The van der Waals surface area contributed by atoms with E-state index in [2.05, 4.69) is 6.92 Å². The number of carbonyl (C=O) groups excluding carboxylic acids is 2. The Balaban J connectivity index is 0.000000203. The Bertz CT molecular complexity index is 1110. The SMILES string of the molecule is CCC(=O)c1ccc(O)cc1.CCC(=O)c1ccc(OC)cc1.CCC1(c2ccc(OC)cc2)OCCO1. The van der Waals surface area contributed by atoms with Crippen molar-refractivity contribution in [3.8, 4) is 17.2 Å². The Kier molecular flexibility index (Phi) is 12.5. The summed E-state index contributed by atoms with van der Waals surface area (Å²) in [5.41, 5.74) is 2.46. The third-order valence-corrected chi connectivity index (χ3v) is 5.99. The summed E-state index contributed by atoms with van der Waals surface area (Å²) in [6, 6.07) is 21.3. The van der Waals surface area contributed by atoms with Crippen molar-refractivity contribution in [2.75, 3.05) is 27.4 Å². The molecule has 38 heavy (non-hydrogen) atoms. The number of ketones is 2. The van der Waals surface area contributed by atoms with Gasteiger partial charge in [0.15, 0.2) is 17.4 Å². The Morgan fingerprint density at radius 2 is 1.11 bits per heavy atom. The zero-order chi connectivity index (χ0) is 28.0. The minimum atomic E-state index is -0.535. The van der Waals surface area contributed by atoms with Crippen LogP contribution in [-0.4, -0.2) is 44.1 Å². The fourth-order valence-electron chi connectivity index (χ4n) is 3.71. The number of methoxy groups -OCH3 is 2. The maximum absolute atomic E-state index is 11.2. The quantitative estimate of drug-likeness (QED) is 0.334. The predicted octanol–water partition coefficient (Wildman–Crippen LogP) is 6.58. The van der Waals surface area contributed by atoms with Gasteiger partial charge in [-0.25, -0.2) is 0 Å². The number of hydrogen-bond donors (Lipinski definition) is 1. The van der Waals surface area contributed by atoms with Crippen LogP contribution in [0.15, 0.2) is 72.8 Å². The van der Waals surface area contributed by atoms with Crippen molar-refractivity contribution in [1.82, 2.24) is 0 Å². The fraction of sp³-hybridized carbons (Fsp3) is 0.355. The predicted molar refractivity (Wildman–Crippen MR) is 147 cm³/mol. The van der Waals surface area contributed by atoms with Gasteiger partial charge in [-0.2, -0.15) is 0 Å². The molecule has 1 aliphatic heterocycles. The van der Waals surface area contributed by atoms with Crippen LogP contribution in [0.5, 0.6) is 17.2 Å². The monoisotopic (exact) mass is 522 g/mol. The molecule has 0 aliphatic carbocycles. The van der Waals surface area contributed by atoms with Gasteiger partial charge in [-0.05, 0) is 72.8 Å². The van der Waals surface area contributed by atoms with Gasteiger partial charge in [-0.15, -0.1) is 0 Å². The molecule has 7 heteroatoms. The van der Waals surface area contributed by atoms with Crippen molar-refractivity contribution in [3.05, 3.63) is 89.5 Å². The average Bonchev–Trinajstić information content (AvgIpc) is 3.48. The average molecular weight is 523 g/mol. The molecule has 204 valence electrons. The highest BCUT2D eigenvalue weighted by atomic mass is 16.7. The van der Waals surface area contributed by atoms with Gasteiger partial charge < -0.3 is 24.1 Å². The smallest absolute Gasteiger partial charge is 0.194 e. The van der Waals surface area contributed by atoms with Gasteiger partial charge in [-0.1, -0.05) is 20.8 Å². The summed E-state index contributed by atoms with van der Waals surface area (Å²) >= 11 is 0. The molecule has 0 spiro atoms. The number of benzene rings is 3. The van der Waals surface area contributed by atoms with Gasteiger partial charge in [0.05, 0.1) is 27.4 Å². The molecule has 1 heterocycles. The second-order valence-corrected chi connectivity index (χ2v) is 8.36. The molecule has 1 fully saturated rings. The van der Waals surface area contributed by atoms with Crippen molar-refractivity contribution in [2.45, 2.75) is 45.8 Å². The number of Topliss-reactive ketones (excluding diaryl/α,β-unsaturated/α-hetero) is 2. The maximum atomic E-state index is 11.2. The summed E-state index contributed by atoms with van der Waals surface area (Å²) in [4.78, 5) is 22.2. The van der Waals surface area contributed by atoms with Crippen LogP contribution in [0.1, 0.15) is 66.3 Å². The van der Waals surface area contributed by atoms with Crippen molar-refractivity contribution < 1.29 is 33.6 Å². The molecule has 1 saturated heterocycles. The van der Waals surface area contributed by atoms with Crippen molar-refractivity contribution >= 4 is 11.6 Å². The highest BCUT2D eigenvalue weighted by molar-refractivity contribution is 5.96. The molecule has 3 aromatic rings. The van der Waals surface area contributed by atoms with Crippen LogP contribution in [0.4, 0.5) is 0 Å². The van der Waals surface area contributed by atoms with E-state index in [0.717, 1.165) is 29.0 Å². The van der Waals surface area contributed by atoms with Crippen LogP contribution in [-0.2, 0) is 15.3 Å². The normalized spacial score (nSPS) is 13.3. The molecule has 0 bridgehead atoms. The second-order valence-electron chi connectivity index (χ2n) is 8.36. The second kappa shape index (κ2) is 15.5. The number of phenols is 1. The number of phenolic OH excluding ortho intramolecular Hbond substituents is 1. The van der Waals surface area contributed by atoms with Gasteiger partial charge in [-0.3, -0.25) is 9.59 Å². The number of rotatable bonds is 8. The summed E-state index contributed by atoms with van der Waals surface area (Å²) in [5.74, 6) is 1.55. The lowest BCUT2D eigenvalue weighted by Crippen LogP contribution is -2.25. The molecule has 0 amide bonds. The van der Waals surface area contributed by atoms with E-state index in [1.54, 1.807) is 50.6 Å². The van der Waals surface area contributed by atoms with E-state index in [4.69, 9.17) is 24.1 Å². The fourth-order valence-corrected chi connectivity index (χ4v) is 3.71. The number of carbonyl (C=O) groups is 2. The first-order chi connectivity index (χ1) is 18.3. The van der Waals surface area contributed by atoms with Crippen LogP contribution in [0.25, 0.3) is 0 Å². The molecule has 7 nitrogen and oxygen atoms in total. The molecule has 3 aromatic carbocycles. The highest BCUT2D eigenvalue weighted by Crippen LogP contribution is 2.35. The third-order valence-electron chi connectivity index (χ3n) is 5.99. The number of ether oxygens (including phenoxy) is 4. The Morgan fingerprint density at radius 1 is 0.711 bits per heavy atom. The molecular weight excluding hydrogens is 484 g/mol. The minimum Gasteiger partial charge on any atom is -0.508 e. The van der Waals surface area contributed by atoms with Gasteiger partial charge in [0.25, 0.3) is 0 Å². The summed E-state index contributed by atoms with van der Waals surface area (Å²) in [6.45, 7) is 7.07. The van der Waals surface area contributed by atoms with Crippen LogP contribution >= 0.6 is 0 Å². The van der Waals surface area contributed by atoms with Gasteiger partial charge in [0, 0.05) is 36.0 Å². The first kappa shape index (κ1) is 30.5. The van der Waals surface area contributed by atoms with Crippen LogP contribution < -0.4 is 9.47 Å². The topological polar surface area (TPSA) is 91.3 Å². The molecule has 1 aliphatic rings. The Labute approximate surface area is 225 Å². The van der Waals surface area contributed by atoms with Gasteiger partial charge in [0.1, 0.15) is 17.2 Å². The van der Waals surface area contributed by atoms with Crippen molar-refractivity contribution in [2.24, 2.45) is 0 Å². The summed E-state index contributed by atoms with van der Waals surface area (Å²) in [7, 11) is 3.27. The zero-order valence-corrected chi connectivity index (χ0v) is 22.9. The van der Waals surface area contributed by atoms with E-state index in [9.17, 15) is 9.59 Å². The standard InChI is InChI=1S/C12H16O3.C10H12O2.C9H10O2/c1-3-12(14-8-9-15-12)10-4-6-11(13-2)7-5-10;1-3-10(11)8-4-6-9(12-2)7-5-8;1-2-9(11)7-3-5-8(10)6-4-7/h4-7H,3,8-9H2,1-2H3;4-7H,3H2,1-2H3;3-6,10H,2H2,1H3. The Morgan fingerprint density at radius 3 is 1.47 bits per heavy atom. The van der Waals surface area contributed by atoms with Crippen molar-refractivity contribution in [1.29, 1.82) is 0 Å². The minimum absolute atomic E-state index is 0.102. The lowest BCUT2D eigenvalue weighted by molar-refractivity contribution is -0.167. The van der Waals surface area contributed by atoms with Crippen LogP contribution in [0.3, 0.4) is 0 Å². The zero-order valence-electron chi connectivity index (χ0n) is 22.9. The molecule has 0 radical (unpaired) electrons. The molecule has 1 N–H and O–H groups in total. The molecule has 0 saturated carbocycles. The van der Waals surface area contributed by atoms with E-state index in [1.165, 1.54) is 12.1 Å². The lowest BCUT2D eigenvalue weighted by Gasteiger charge is -2.26. The van der Waals surface area contributed by atoms with Crippen LogP contribution in [0.2, 0.25) is 0 Å². The summed E-state index contributed by atoms with van der Waals surface area (Å²) < 4.78 is 21.5. The third kappa shape index (κ3) is 8.71. The molecule has 0 aromatic heterocycles. The van der Waals surface area contributed by atoms with E-state index in [-0.39, 0.29) is 17.3 Å². The molecule has 0 atom stereocenters. The van der Waals surface area contributed by atoms with E-state index in [1.807, 2.05) is 38.1 Å². The molecule has 4 rings (SSSR count). The Hall–Kier alpha value is -3.68. The highest BCUT2D eigenvalue weighted by Gasteiger charge is 2.36.